The Hall–Kier alpha value is -1.14. The lowest BCUT2D eigenvalue weighted by Crippen LogP contribution is -2.45. The molecule has 1 saturated heterocycles. The van der Waals surface area contributed by atoms with Gasteiger partial charge in [-0.3, -0.25) is 4.79 Å². The van der Waals surface area contributed by atoms with Crippen molar-refractivity contribution in [3.8, 4) is 0 Å². The van der Waals surface area contributed by atoms with Crippen molar-refractivity contribution in [3.63, 3.8) is 0 Å². The van der Waals surface area contributed by atoms with E-state index in [-0.39, 0.29) is 18.5 Å². The van der Waals surface area contributed by atoms with Crippen molar-refractivity contribution in [2.75, 3.05) is 20.2 Å². The molecule has 0 spiro atoms. The Morgan fingerprint density at radius 3 is 2.87 bits per heavy atom. The first-order valence-corrected chi connectivity index (χ1v) is 4.92. The summed E-state index contributed by atoms with van der Waals surface area (Å²) in [5, 5.41) is 14.2. The Balaban J connectivity index is 2.28. The molecule has 0 saturated carbocycles. The molecule has 1 amide bonds. The van der Waals surface area contributed by atoms with E-state index in [1.165, 1.54) is 7.11 Å². The van der Waals surface area contributed by atoms with E-state index in [1.807, 2.05) is 0 Å². The second-order valence-corrected chi connectivity index (χ2v) is 3.46. The lowest BCUT2D eigenvalue weighted by molar-refractivity contribution is -0.148. The smallest absolute Gasteiger partial charge is 0.334 e. The summed E-state index contributed by atoms with van der Waals surface area (Å²) in [4.78, 5) is 22.0. The van der Waals surface area contributed by atoms with Crippen LogP contribution in [0.2, 0.25) is 0 Å². The Kier molecular flexibility index (Phi) is 4.51. The Morgan fingerprint density at radius 1 is 1.67 bits per heavy atom. The highest BCUT2D eigenvalue weighted by Crippen LogP contribution is 2.04. The summed E-state index contributed by atoms with van der Waals surface area (Å²) >= 11 is 0. The number of carbonyl (C=O) groups excluding carboxylic acids is 1. The maximum Gasteiger partial charge on any atom is 0.334 e. The van der Waals surface area contributed by atoms with Gasteiger partial charge in [0.15, 0.2) is 6.10 Å². The van der Waals surface area contributed by atoms with Crippen LogP contribution in [0.25, 0.3) is 0 Å². The minimum Gasteiger partial charge on any atom is -0.479 e. The van der Waals surface area contributed by atoms with E-state index in [1.54, 1.807) is 0 Å². The predicted octanol–water partition coefficient (Wildman–Crippen LogP) is -1.05. The highest BCUT2D eigenvalue weighted by atomic mass is 16.5. The van der Waals surface area contributed by atoms with Gasteiger partial charge >= 0.3 is 5.97 Å². The van der Waals surface area contributed by atoms with Gasteiger partial charge in [0.2, 0.25) is 5.91 Å². The SMILES string of the molecule is COC(CNC(=O)C1CCCN1)C(=O)O. The minimum absolute atomic E-state index is 0.00282. The van der Waals surface area contributed by atoms with Crippen molar-refractivity contribution in [2.45, 2.75) is 25.0 Å². The van der Waals surface area contributed by atoms with Crippen LogP contribution in [0.15, 0.2) is 0 Å². The van der Waals surface area contributed by atoms with Crippen LogP contribution in [0.4, 0.5) is 0 Å². The quantitative estimate of drug-likeness (QED) is 0.546. The Bertz CT molecular complexity index is 238. The number of hydrogen-bond donors (Lipinski definition) is 3. The van der Waals surface area contributed by atoms with Crippen LogP contribution in [-0.4, -0.2) is 49.3 Å². The molecule has 6 heteroatoms. The molecule has 0 aromatic heterocycles. The maximum atomic E-state index is 11.5. The summed E-state index contributed by atoms with van der Waals surface area (Å²) < 4.78 is 4.69. The fourth-order valence-electron chi connectivity index (χ4n) is 1.50. The lowest BCUT2D eigenvalue weighted by atomic mass is 10.2. The molecule has 2 atom stereocenters. The fourth-order valence-corrected chi connectivity index (χ4v) is 1.50. The lowest BCUT2D eigenvalue weighted by Gasteiger charge is -2.14. The number of ether oxygens (including phenoxy) is 1. The average Bonchev–Trinajstić information content (AvgIpc) is 2.70. The third-order valence-corrected chi connectivity index (χ3v) is 2.40. The zero-order valence-electron chi connectivity index (χ0n) is 8.66. The fraction of sp³-hybridized carbons (Fsp3) is 0.778. The molecule has 1 fully saturated rings. The van der Waals surface area contributed by atoms with E-state index >= 15 is 0 Å². The highest BCUT2D eigenvalue weighted by Gasteiger charge is 2.24. The monoisotopic (exact) mass is 216 g/mol. The standard InChI is InChI=1S/C9H16N2O4/c1-15-7(9(13)14)5-11-8(12)6-3-2-4-10-6/h6-7,10H,2-5H2,1H3,(H,11,12)(H,13,14). The molecule has 0 radical (unpaired) electrons. The largest absolute Gasteiger partial charge is 0.479 e. The number of rotatable bonds is 5. The Labute approximate surface area is 88.0 Å². The highest BCUT2D eigenvalue weighted by molar-refractivity contribution is 5.83. The van der Waals surface area contributed by atoms with Gasteiger partial charge in [-0.1, -0.05) is 0 Å². The number of hydrogen-bond acceptors (Lipinski definition) is 4. The zero-order valence-corrected chi connectivity index (χ0v) is 8.66. The summed E-state index contributed by atoms with van der Waals surface area (Å²) in [6.07, 6.45) is 0.803. The molecule has 2 unspecified atom stereocenters. The molecule has 1 rings (SSSR count). The Morgan fingerprint density at radius 2 is 2.40 bits per heavy atom. The van der Waals surface area contributed by atoms with Gasteiger partial charge in [0.1, 0.15) is 0 Å². The number of carbonyl (C=O) groups is 2. The van der Waals surface area contributed by atoms with E-state index in [2.05, 4.69) is 10.6 Å². The minimum atomic E-state index is -1.07. The molecule has 6 nitrogen and oxygen atoms in total. The second kappa shape index (κ2) is 5.67. The van der Waals surface area contributed by atoms with Gasteiger partial charge in [0.25, 0.3) is 0 Å². The third kappa shape index (κ3) is 3.49. The van der Waals surface area contributed by atoms with Gasteiger partial charge in [-0.25, -0.2) is 4.79 Å². The summed E-state index contributed by atoms with van der Waals surface area (Å²) in [6, 6.07) is -0.184. The van der Waals surface area contributed by atoms with Crippen LogP contribution in [0.1, 0.15) is 12.8 Å². The van der Waals surface area contributed by atoms with Crippen LogP contribution in [0, 0.1) is 0 Å². The van der Waals surface area contributed by atoms with E-state index in [4.69, 9.17) is 9.84 Å². The van der Waals surface area contributed by atoms with Gasteiger partial charge in [-0.05, 0) is 19.4 Å². The number of aliphatic carboxylic acids is 1. The molecular formula is C9H16N2O4. The molecule has 0 aromatic carbocycles. The van der Waals surface area contributed by atoms with Crippen molar-refractivity contribution in [1.29, 1.82) is 0 Å². The normalized spacial score (nSPS) is 22.3. The molecule has 0 aliphatic carbocycles. The molecule has 86 valence electrons. The molecular weight excluding hydrogens is 200 g/mol. The maximum absolute atomic E-state index is 11.5. The first-order valence-electron chi connectivity index (χ1n) is 4.92. The van der Waals surface area contributed by atoms with Crippen LogP contribution >= 0.6 is 0 Å². The second-order valence-electron chi connectivity index (χ2n) is 3.46. The number of methoxy groups -OCH3 is 1. The zero-order chi connectivity index (χ0) is 11.3. The molecule has 3 N–H and O–H groups in total. The van der Waals surface area contributed by atoms with Gasteiger partial charge in [-0.15, -0.1) is 0 Å². The number of carboxylic acid groups (broad SMARTS) is 1. The molecule has 1 aliphatic heterocycles. The van der Waals surface area contributed by atoms with Crippen molar-refractivity contribution in [3.05, 3.63) is 0 Å². The number of carboxylic acids is 1. The van der Waals surface area contributed by atoms with E-state index < -0.39 is 12.1 Å². The van der Waals surface area contributed by atoms with Gasteiger partial charge in [-0.2, -0.15) is 0 Å². The molecule has 15 heavy (non-hydrogen) atoms. The summed E-state index contributed by atoms with van der Waals surface area (Å²) in [5.41, 5.74) is 0. The first kappa shape index (κ1) is 11.9. The van der Waals surface area contributed by atoms with E-state index in [0.717, 1.165) is 19.4 Å². The van der Waals surface area contributed by atoms with Crippen molar-refractivity contribution in [2.24, 2.45) is 0 Å². The van der Waals surface area contributed by atoms with Crippen LogP contribution < -0.4 is 10.6 Å². The van der Waals surface area contributed by atoms with Crippen molar-refractivity contribution < 1.29 is 19.4 Å². The van der Waals surface area contributed by atoms with Gasteiger partial charge in [0.05, 0.1) is 12.6 Å². The summed E-state index contributed by atoms with van der Waals surface area (Å²) in [7, 11) is 1.30. The van der Waals surface area contributed by atoms with Crippen LogP contribution in [0.3, 0.4) is 0 Å². The summed E-state index contributed by atoms with van der Waals surface area (Å²) in [6.45, 7) is 0.841. The van der Waals surface area contributed by atoms with Crippen molar-refractivity contribution in [1.82, 2.24) is 10.6 Å². The molecule has 0 aromatic rings. The first-order chi connectivity index (χ1) is 7.15. The topological polar surface area (TPSA) is 87.7 Å². The average molecular weight is 216 g/mol. The van der Waals surface area contributed by atoms with Gasteiger partial charge < -0.3 is 20.5 Å². The van der Waals surface area contributed by atoms with E-state index in [9.17, 15) is 9.59 Å². The number of nitrogens with one attached hydrogen (secondary N) is 2. The summed E-state index contributed by atoms with van der Waals surface area (Å²) in [5.74, 6) is -1.23. The van der Waals surface area contributed by atoms with Crippen LogP contribution in [-0.2, 0) is 14.3 Å². The predicted molar refractivity (Wildman–Crippen MR) is 52.5 cm³/mol. The van der Waals surface area contributed by atoms with E-state index in [0.29, 0.717) is 0 Å². The van der Waals surface area contributed by atoms with Crippen molar-refractivity contribution >= 4 is 11.9 Å². The number of amides is 1. The third-order valence-electron chi connectivity index (χ3n) is 2.40. The molecule has 0 bridgehead atoms. The molecule has 1 heterocycles. The van der Waals surface area contributed by atoms with Crippen LogP contribution in [0.5, 0.6) is 0 Å². The van der Waals surface area contributed by atoms with Gasteiger partial charge in [0, 0.05) is 7.11 Å². The molecule has 1 aliphatic rings.